The molecule has 166 valence electrons. The van der Waals surface area contributed by atoms with Gasteiger partial charge in [-0.3, -0.25) is 14.4 Å². The summed E-state index contributed by atoms with van der Waals surface area (Å²) in [6.45, 7) is 5.88. The van der Waals surface area contributed by atoms with Gasteiger partial charge in [-0.05, 0) is 50.5 Å². The number of carbonyl (C=O) groups is 3. The Kier molecular flexibility index (Phi) is 7.43. The van der Waals surface area contributed by atoms with Crippen LogP contribution in [0.5, 0.6) is 0 Å². The van der Waals surface area contributed by atoms with Gasteiger partial charge < -0.3 is 16.0 Å². The highest BCUT2D eigenvalue weighted by atomic mass is 32.1. The lowest BCUT2D eigenvalue weighted by molar-refractivity contribution is -0.116. The van der Waals surface area contributed by atoms with E-state index in [4.69, 9.17) is 5.73 Å². The predicted octanol–water partition coefficient (Wildman–Crippen LogP) is 4.10. The maximum absolute atomic E-state index is 13.2. The first-order valence-corrected chi connectivity index (χ1v) is 11.2. The lowest BCUT2D eigenvalue weighted by Crippen LogP contribution is -2.39. The summed E-state index contributed by atoms with van der Waals surface area (Å²) in [5.41, 5.74) is 9.24. The van der Waals surface area contributed by atoms with Crippen molar-refractivity contribution < 1.29 is 14.4 Å². The third-order valence-corrected chi connectivity index (χ3v) is 6.44. The topological polar surface area (TPSA) is 92.5 Å². The number of hydrogen-bond donors (Lipinski definition) is 2. The molecule has 0 bridgehead atoms. The first-order valence-electron chi connectivity index (χ1n) is 10.4. The van der Waals surface area contributed by atoms with Crippen LogP contribution >= 0.6 is 11.3 Å². The van der Waals surface area contributed by atoms with Crippen LogP contribution in [0, 0.1) is 20.8 Å². The van der Waals surface area contributed by atoms with Crippen LogP contribution in [0.3, 0.4) is 0 Å². The molecule has 0 saturated heterocycles. The molecule has 0 spiro atoms. The normalized spacial score (nSPS) is 10.6. The van der Waals surface area contributed by atoms with E-state index in [0.717, 1.165) is 21.6 Å². The Labute approximate surface area is 192 Å². The summed E-state index contributed by atoms with van der Waals surface area (Å²) in [6.07, 6.45) is 0.621. The molecule has 0 atom stereocenters. The highest BCUT2D eigenvalue weighted by Gasteiger charge is 2.22. The Hall–Kier alpha value is -3.45. The summed E-state index contributed by atoms with van der Waals surface area (Å²) < 4.78 is 0. The van der Waals surface area contributed by atoms with E-state index in [0.29, 0.717) is 29.1 Å². The van der Waals surface area contributed by atoms with E-state index < -0.39 is 5.91 Å². The van der Waals surface area contributed by atoms with E-state index in [1.54, 1.807) is 19.1 Å². The van der Waals surface area contributed by atoms with Gasteiger partial charge in [-0.15, -0.1) is 11.3 Å². The van der Waals surface area contributed by atoms with E-state index in [1.807, 2.05) is 56.3 Å². The summed E-state index contributed by atoms with van der Waals surface area (Å²) >= 11 is 1.31. The van der Waals surface area contributed by atoms with Crippen molar-refractivity contribution in [3.05, 3.63) is 87.3 Å². The summed E-state index contributed by atoms with van der Waals surface area (Å²) in [7, 11) is 0. The molecule has 0 aliphatic carbocycles. The molecule has 7 heteroatoms. The Morgan fingerprint density at radius 1 is 0.969 bits per heavy atom. The Morgan fingerprint density at radius 2 is 1.62 bits per heavy atom. The van der Waals surface area contributed by atoms with Crippen LogP contribution in [-0.2, 0) is 11.2 Å². The number of carbonyl (C=O) groups excluding carboxylic acids is 3. The zero-order chi connectivity index (χ0) is 23.3. The van der Waals surface area contributed by atoms with Crippen LogP contribution in [0.4, 0.5) is 5.00 Å². The molecule has 32 heavy (non-hydrogen) atoms. The van der Waals surface area contributed by atoms with Crippen LogP contribution in [0.25, 0.3) is 0 Å². The van der Waals surface area contributed by atoms with Crippen molar-refractivity contribution in [3.63, 3.8) is 0 Å². The Morgan fingerprint density at radius 3 is 2.25 bits per heavy atom. The molecule has 0 fully saturated rings. The lowest BCUT2D eigenvalue weighted by atomic mass is 10.1. The SMILES string of the molecule is Cc1ccc(C(=O)N(CCc2ccccc2)CC(=O)Nc2sc(C)c(C)c2C(N)=O)cc1. The minimum atomic E-state index is -0.584. The number of rotatable bonds is 8. The van der Waals surface area contributed by atoms with Crippen LogP contribution < -0.4 is 11.1 Å². The van der Waals surface area contributed by atoms with Crippen molar-refractivity contribution in [3.8, 4) is 0 Å². The van der Waals surface area contributed by atoms with Crippen molar-refractivity contribution in [1.29, 1.82) is 0 Å². The standard InChI is InChI=1S/C25H27N3O3S/c1-16-9-11-20(12-10-16)25(31)28(14-13-19-7-5-4-6-8-19)15-21(29)27-24-22(23(26)30)17(2)18(3)32-24/h4-12H,13-15H2,1-3H3,(H2,26,30)(H,27,29). The number of nitrogens with two attached hydrogens (primary N) is 1. The van der Waals surface area contributed by atoms with E-state index in [-0.39, 0.29) is 18.4 Å². The molecule has 3 amide bonds. The van der Waals surface area contributed by atoms with Gasteiger partial charge in [0.25, 0.3) is 11.8 Å². The smallest absolute Gasteiger partial charge is 0.254 e. The monoisotopic (exact) mass is 449 g/mol. The third-order valence-electron chi connectivity index (χ3n) is 5.32. The minimum absolute atomic E-state index is 0.131. The summed E-state index contributed by atoms with van der Waals surface area (Å²) in [5, 5.41) is 3.20. The second-order valence-corrected chi connectivity index (χ2v) is 8.95. The second-order valence-electron chi connectivity index (χ2n) is 7.73. The quantitative estimate of drug-likeness (QED) is 0.542. The number of nitrogens with zero attached hydrogens (tertiary/aromatic N) is 1. The Bertz CT molecular complexity index is 1120. The predicted molar refractivity (Wildman–Crippen MR) is 128 cm³/mol. The average molecular weight is 450 g/mol. The van der Waals surface area contributed by atoms with Gasteiger partial charge in [0.2, 0.25) is 5.91 Å². The number of nitrogens with one attached hydrogen (secondary N) is 1. The van der Waals surface area contributed by atoms with Gasteiger partial charge >= 0.3 is 0 Å². The summed E-state index contributed by atoms with van der Waals surface area (Å²) in [6, 6.07) is 17.1. The molecular weight excluding hydrogens is 422 g/mol. The first kappa shape index (κ1) is 23.2. The number of anilines is 1. The van der Waals surface area contributed by atoms with Crippen molar-refractivity contribution in [2.75, 3.05) is 18.4 Å². The van der Waals surface area contributed by atoms with Crippen molar-refractivity contribution in [2.45, 2.75) is 27.2 Å². The van der Waals surface area contributed by atoms with Crippen molar-refractivity contribution in [1.82, 2.24) is 4.90 Å². The molecule has 0 unspecified atom stereocenters. The molecule has 0 aliphatic heterocycles. The number of hydrogen-bond acceptors (Lipinski definition) is 4. The van der Waals surface area contributed by atoms with Crippen LogP contribution in [0.1, 0.15) is 42.3 Å². The Balaban J connectivity index is 1.79. The number of amides is 3. The van der Waals surface area contributed by atoms with Gasteiger partial charge in [0.1, 0.15) is 11.5 Å². The van der Waals surface area contributed by atoms with Crippen molar-refractivity contribution in [2.24, 2.45) is 5.73 Å². The minimum Gasteiger partial charge on any atom is -0.365 e. The maximum Gasteiger partial charge on any atom is 0.254 e. The van der Waals surface area contributed by atoms with Crippen LogP contribution in [0.2, 0.25) is 0 Å². The van der Waals surface area contributed by atoms with Gasteiger partial charge in [-0.2, -0.15) is 0 Å². The molecule has 0 saturated carbocycles. The number of aryl methyl sites for hydroxylation is 2. The summed E-state index contributed by atoms with van der Waals surface area (Å²) in [4.78, 5) is 40.3. The van der Waals surface area contributed by atoms with Gasteiger partial charge in [0.05, 0.1) is 5.56 Å². The molecule has 0 radical (unpaired) electrons. The molecule has 3 rings (SSSR count). The first-order chi connectivity index (χ1) is 15.3. The largest absolute Gasteiger partial charge is 0.365 e. The van der Waals surface area contributed by atoms with Gasteiger partial charge in [-0.25, -0.2) is 0 Å². The highest BCUT2D eigenvalue weighted by molar-refractivity contribution is 7.16. The molecule has 0 aliphatic rings. The van der Waals surface area contributed by atoms with E-state index in [1.165, 1.54) is 16.2 Å². The molecule has 1 aromatic heterocycles. The van der Waals surface area contributed by atoms with E-state index >= 15 is 0 Å². The maximum atomic E-state index is 13.2. The fraction of sp³-hybridized carbons (Fsp3) is 0.240. The molecule has 1 heterocycles. The highest BCUT2D eigenvalue weighted by Crippen LogP contribution is 2.32. The van der Waals surface area contributed by atoms with Crippen LogP contribution in [0.15, 0.2) is 54.6 Å². The van der Waals surface area contributed by atoms with E-state index in [9.17, 15) is 14.4 Å². The second kappa shape index (κ2) is 10.2. The van der Waals surface area contributed by atoms with Crippen LogP contribution in [-0.4, -0.2) is 35.7 Å². The fourth-order valence-corrected chi connectivity index (χ4v) is 4.47. The summed E-state index contributed by atoms with van der Waals surface area (Å²) in [5.74, 6) is -1.18. The molecular formula is C25H27N3O3S. The zero-order valence-corrected chi connectivity index (χ0v) is 19.3. The van der Waals surface area contributed by atoms with Gasteiger partial charge in [0.15, 0.2) is 0 Å². The molecule has 6 nitrogen and oxygen atoms in total. The number of thiophene rings is 1. The number of primary amides is 1. The molecule has 2 aromatic carbocycles. The molecule has 3 aromatic rings. The van der Waals surface area contributed by atoms with Gasteiger partial charge in [0, 0.05) is 17.0 Å². The zero-order valence-electron chi connectivity index (χ0n) is 18.5. The van der Waals surface area contributed by atoms with E-state index in [2.05, 4.69) is 5.32 Å². The molecule has 3 N–H and O–H groups in total. The third kappa shape index (κ3) is 5.62. The lowest BCUT2D eigenvalue weighted by Gasteiger charge is -2.22. The fourth-order valence-electron chi connectivity index (χ4n) is 3.39. The van der Waals surface area contributed by atoms with Crippen molar-refractivity contribution >= 4 is 34.1 Å². The number of benzene rings is 2. The average Bonchev–Trinajstić information content (AvgIpc) is 3.04. The van der Waals surface area contributed by atoms with Gasteiger partial charge in [-0.1, -0.05) is 48.0 Å².